The third kappa shape index (κ3) is 5.66. The number of nitrogens with zero attached hydrogens (tertiary/aromatic N) is 5. The van der Waals surface area contributed by atoms with E-state index in [1.807, 2.05) is 34.4 Å². The number of thiophene rings is 1. The van der Waals surface area contributed by atoms with Crippen molar-refractivity contribution in [1.29, 1.82) is 0 Å². The third-order valence-corrected chi connectivity index (χ3v) is 7.18. The molecule has 0 saturated heterocycles. The molecule has 32 heavy (non-hydrogen) atoms. The number of thioether (sulfide) groups is 1. The Balaban J connectivity index is 1.28. The molecule has 0 spiro atoms. The van der Waals surface area contributed by atoms with Crippen molar-refractivity contribution in [2.24, 2.45) is 0 Å². The first kappa shape index (κ1) is 22.3. The van der Waals surface area contributed by atoms with Crippen LogP contribution in [0.4, 0.5) is 0 Å². The van der Waals surface area contributed by atoms with Crippen molar-refractivity contribution in [2.75, 3.05) is 5.75 Å². The van der Waals surface area contributed by atoms with Crippen molar-refractivity contribution >= 4 is 29.0 Å². The van der Waals surface area contributed by atoms with Crippen LogP contribution in [0.1, 0.15) is 27.4 Å². The summed E-state index contributed by atoms with van der Waals surface area (Å²) in [5.74, 6) is 0.269. The molecular weight excluding hydrogens is 440 g/mol. The minimum atomic E-state index is -0.0302. The van der Waals surface area contributed by atoms with Gasteiger partial charge < -0.3 is 9.88 Å². The average molecular weight is 467 g/mol. The van der Waals surface area contributed by atoms with Crippen LogP contribution in [0.15, 0.2) is 59.3 Å². The second-order valence-electron chi connectivity index (χ2n) is 7.49. The Labute approximate surface area is 195 Å². The first-order valence-corrected chi connectivity index (χ1v) is 12.3. The molecule has 0 saturated carbocycles. The van der Waals surface area contributed by atoms with E-state index in [9.17, 15) is 4.79 Å². The summed E-state index contributed by atoms with van der Waals surface area (Å²) >= 11 is 3.16. The van der Waals surface area contributed by atoms with E-state index < -0.39 is 0 Å². The maximum atomic E-state index is 12.5. The highest BCUT2D eigenvalue weighted by atomic mass is 32.2. The minimum Gasteiger partial charge on any atom is -0.351 e. The SMILES string of the molecule is Cc1nn(Cc2ccccc2)c(C)c1CNC(=O)CSc1nncn1CCc1cccs1. The lowest BCUT2D eigenvalue weighted by Gasteiger charge is -2.08. The number of rotatable bonds is 10. The number of amides is 1. The predicted octanol–water partition coefficient (Wildman–Crippen LogP) is 3.85. The zero-order valence-electron chi connectivity index (χ0n) is 18.2. The molecular formula is C23H26N6OS2. The van der Waals surface area contributed by atoms with E-state index in [2.05, 4.69) is 57.2 Å². The van der Waals surface area contributed by atoms with E-state index in [0.29, 0.717) is 12.3 Å². The van der Waals surface area contributed by atoms with Crippen LogP contribution in [0.25, 0.3) is 0 Å². The molecule has 0 fully saturated rings. The van der Waals surface area contributed by atoms with Gasteiger partial charge in [-0.3, -0.25) is 9.48 Å². The van der Waals surface area contributed by atoms with E-state index in [-0.39, 0.29) is 5.91 Å². The number of hydrogen-bond acceptors (Lipinski definition) is 6. The van der Waals surface area contributed by atoms with Gasteiger partial charge in [-0.1, -0.05) is 48.2 Å². The van der Waals surface area contributed by atoms with Gasteiger partial charge in [-0.25, -0.2) is 0 Å². The number of aryl methyl sites for hydroxylation is 3. The molecule has 7 nitrogen and oxygen atoms in total. The zero-order chi connectivity index (χ0) is 22.3. The quantitative estimate of drug-likeness (QED) is 0.359. The molecule has 3 heterocycles. The van der Waals surface area contributed by atoms with Crippen LogP contribution in [0, 0.1) is 13.8 Å². The molecule has 3 aromatic heterocycles. The van der Waals surface area contributed by atoms with Gasteiger partial charge in [-0.05, 0) is 37.3 Å². The van der Waals surface area contributed by atoms with Gasteiger partial charge in [0.05, 0.1) is 18.0 Å². The Kier molecular flexibility index (Phi) is 7.39. The smallest absolute Gasteiger partial charge is 0.230 e. The minimum absolute atomic E-state index is 0.0302. The lowest BCUT2D eigenvalue weighted by Crippen LogP contribution is -2.25. The third-order valence-electron chi connectivity index (χ3n) is 5.26. The molecule has 4 rings (SSSR count). The van der Waals surface area contributed by atoms with Crippen LogP contribution in [0.5, 0.6) is 0 Å². The molecule has 166 valence electrons. The Hall–Kier alpha value is -2.91. The summed E-state index contributed by atoms with van der Waals surface area (Å²) in [5, 5.41) is 18.7. The Morgan fingerprint density at radius 2 is 2.00 bits per heavy atom. The van der Waals surface area contributed by atoms with Gasteiger partial charge in [-0.15, -0.1) is 21.5 Å². The second-order valence-corrected chi connectivity index (χ2v) is 9.47. The summed E-state index contributed by atoms with van der Waals surface area (Å²) in [5.41, 5.74) is 4.29. The van der Waals surface area contributed by atoms with Crippen molar-refractivity contribution in [3.8, 4) is 0 Å². The van der Waals surface area contributed by atoms with Crippen molar-refractivity contribution in [1.82, 2.24) is 29.9 Å². The normalized spacial score (nSPS) is 11.1. The van der Waals surface area contributed by atoms with Crippen molar-refractivity contribution in [3.63, 3.8) is 0 Å². The van der Waals surface area contributed by atoms with E-state index in [0.717, 1.165) is 41.6 Å². The van der Waals surface area contributed by atoms with E-state index in [1.54, 1.807) is 17.7 Å². The highest BCUT2D eigenvalue weighted by Crippen LogP contribution is 2.18. The number of hydrogen-bond donors (Lipinski definition) is 1. The molecule has 1 N–H and O–H groups in total. The van der Waals surface area contributed by atoms with E-state index in [1.165, 1.54) is 22.2 Å². The molecule has 0 radical (unpaired) electrons. The van der Waals surface area contributed by atoms with Crippen LogP contribution in [-0.2, 0) is 30.8 Å². The monoisotopic (exact) mass is 466 g/mol. The maximum Gasteiger partial charge on any atom is 0.230 e. The lowest BCUT2D eigenvalue weighted by atomic mass is 10.2. The highest BCUT2D eigenvalue weighted by Gasteiger charge is 2.14. The standard InChI is InChI=1S/C23H26N6OS2/c1-17-21(18(2)29(27-17)14-19-7-4-3-5-8-19)13-24-22(30)15-32-23-26-25-16-28(23)11-10-20-9-6-12-31-20/h3-9,12,16H,10-11,13-15H2,1-2H3,(H,24,30). The first-order chi connectivity index (χ1) is 15.6. The van der Waals surface area contributed by atoms with Gasteiger partial charge in [0.2, 0.25) is 5.91 Å². The second kappa shape index (κ2) is 10.6. The van der Waals surface area contributed by atoms with Crippen LogP contribution in [0.3, 0.4) is 0 Å². The van der Waals surface area contributed by atoms with E-state index in [4.69, 9.17) is 0 Å². The number of benzene rings is 1. The average Bonchev–Trinajstić information content (AvgIpc) is 3.52. The van der Waals surface area contributed by atoms with Gasteiger partial charge in [0.15, 0.2) is 5.16 Å². The summed E-state index contributed by atoms with van der Waals surface area (Å²) in [6, 6.07) is 14.4. The Bertz CT molecular complexity index is 1150. The number of nitrogens with one attached hydrogen (secondary N) is 1. The van der Waals surface area contributed by atoms with Crippen molar-refractivity contribution in [2.45, 2.75) is 45.1 Å². The highest BCUT2D eigenvalue weighted by molar-refractivity contribution is 7.99. The topological polar surface area (TPSA) is 77.6 Å². The Morgan fingerprint density at radius 1 is 1.16 bits per heavy atom. The molecule has 0 atom stereocenters. The van der Waals surface area contributed by atoms with Gasteiger partial charge in [0, 0.05) is 29.2 Å². The van der Waals surface area contributed by atoms with Crippen LogP contribution >= 0.6 is 23.1 Å². The maximum absolute atomic E-state index is 12.5. The fourth-order valence-corrected chi connectivity index (χ4v) is 4.93. The molecule has 4 aromatic rings. The predicted molar refractivity (Wildman–Crippen MR) is 128 cm³/mol. The summed E-state index contributed by atoms with van der Waals surface area (Å²) in [7, 11) is 0. The fraction of sp³-hybridized carbons (Fsp3) is 0.304. The summed E-state index contributed by atoms with van der Waals surface area (Å²) in [6.45, 7) is 6.03. The van der Waals surface area contributed by atoms with Gasteiger partial charge >= 0.3 is 0 Å². The lowest BCUT2D eigenvalue weighted by molar-refractivity contribution is -0.118. The number of aromatic nitrogens is 5. The summed E-state index contributed by atoms with van der Waals surface area (Å²) < 4.78 is 4.00. The molecule has 0 unspecified atom stereocenters. The molecule has 9 heteroatoms. The first-order valence-electron chi connectivity index (χ1n) is 10.5. The van der Waals surface area contributed by atoms with E-state index >= 15 is 0 Å². The molecule has 0 aliphatic carbocycles. The Morgan fingerprint density at radius 3 is 2.78 bits per heavy atom. The van der Waals surface area contributed by atoms with Crippen LogP contribution in [-0.4, -0.2) is 36.2 Å². The van der Waals surface area contributed by atoms with Gasteiger partial charge in [-0.2, -0.15) is 5.10 Å². The van der Waals surface area contributed by atoms with Crippen molar-refractivity contribution < 1.29 is 4.79 Å². The van der Waals surface area contributed by atoms with Crippen LogP contribution < -0.4 is 5.32 Å². The molecule has 1 aromatic carbocycles. The molecule has 0 aliphatic rings. The molecule has 1 amide bonds. The fourth-order valence-electron chi connectivity index (χ4n) is 3.46. The number of carbonyl (C=O) groups is 1. The molecule has 0 aliphatic heterocycles. The molecule has 0 bridgehead atoms. The van der Waals surface area contributed by atoms with Crippen molar-refractivity contribution in [3.05, 3.63) is 81.6 Å². The van der Waals surface area contributed by atoms with Crippen LogP contribution in [0.2, 0.25) is 0 Å². The number of carbonyl (C=O) groups excluding carboxylic acids is 1. The van der Waals surface area contributed by atoms with Gasteiger partial charge in [0.1, 0.15) is 6.33 Å². The zero-order valence-corrected chi connectivity index (χ0v) is 19.8. The summed E-state index contributed by atoms with van der Waals surface area (Å²) in [4.78, 5) is 13.8. The summed E-state index contributed by atoms with van der Waals surface area (Å²) in [6.07, 6.45) is 2.66. The largest absolute Gasteiger partial charge is 0.351 e. The van der Waals surface area contributed by atoms with Gasteiger partial charge in [0.25, 0.3) is 0 Å².